The van der Waals surface area contributed by atoms with E-state index in [-0.39, 0.29) is 0 Å². The Morgan fingerprint density at radius 1 is 1.31 bits per heavy atom. The molecule has 0 radical (unpaired) electrons. The molecule has 0 N–H and O–H groups in total. The molecule has 0 aliphatic carbocycles. The number of rotatable bonds is 2. The van der Waals surface area contributed by atoms with Crippen LogP contribution in [0.3, 0.4) is 0 Å². The van der Waals surface area contributed by atoms with Crippen molar-refractivity contribution in [3.63, 3.8) is 0 Å². The molecule has 3 unspecified atom stereocenters. The van der Waals surface area contributed by atoms with Gasteiger partial charge in [0.05, 0.1) is 12.2 Å². The third-order valence-electron chi connectivity index (χ3n) is 4.15. The molecule has 4 aliphatic rings. The highest BCUT2D eigenvalue weighted by molar-refractivity contribution is 4.98. The van der Waals surface area contributed by atoms with Crippen LogP contribution in [0.4, 0.5) is 0 Å². The molecule has 13 heavy (non-hydrogen) atoms. The van der Waals surface area contributed by atoms with Gasteiger partial charge in [-0.25, -0.2) is 0 Å². The van der Waals surface area contributed by atoms with Crippen molar-refractivity contribution in [3.8, 4) is 0 Å². The van der Waals surface area contributed by atoms with Crippen LogP contribution >= 0.6 is 0 Å². The molecule has 74 valence electrons. The maximum absolute atomic E-state index is 5.73. The predicted octanol–water partition coefficient (Wildman–Crippen LogP) is 1.51. The van der Waals surface area contributed by atoms with Crippen LogP contribution in [-0.2, 0) is 4.74 Å². The summed E-state index contributed by atoms with van der Waals surface area (Å²) in [5.41, 5.74) is 0. The van der Waals surface area contributed by atoms with E-state index in [2.05, 4.69) is 11.8 Å². The molecule has 4 heterocycles. The summed E-state index contributed by atoms with van der Waals surface area (Å²) in [6.07, 6.45) is 5.33. The van der Waals surface area contributed by atoms with Crippen LogP contribution < -0.4 is 0 Å². The molecule has 2 heteroatoms. The molecule has 4 rings (SSSR count). The van der Waals surface area contributed by atoms with Crippen molar-refractivity contribution < 1.29 is 4.74 Å². The predicted molar refractivity (Wildman–Crippen MR) is 51.6 cm³/mol. The molecule has 4 aliphatic heterocycles. The largest absolute Gasteiger partial charge is 0.369 e. The highest BCUT2D eigenvalue weighted by Gasteiger charge is 2.49. The number of epoxide rings is 1. The quantitative estimate of drug-likeness (QED) is 0.600. The molecule has 3 atom stereocenters. The van der Waals surface area contributed by atoms with E-state index in [0.29, 0.717) is 12.2 Å². The average molecular weight is 181 g/mol. The number of ether oxygens (including phenoxy) is 1. The van der Waals surface area contributed by atoms with E-state index in [0.717, 1.165) is 11.8 Å². The van der Waals surface area contributed by atoms with Gasteiger partial charge in [0, 0.05) is 12.5 Å². The van der Waals surface area contributed by atoms with E-state index >= 15 is 0 Å². The van der Waals surface area contributed by atoms with Gasteiger partial charge >= 0.3 is 0 Å². The lowest BCUT2D eigenvalue weighted by Crippen LogP contribution is -2.49. The van der Waals surface area contributed by atoms with E-state index in [4.69, 9.17) is 4.74 Å². The first-order valence-corrected chi connectivity index (χ1v) is 5.76. The Balaban J connectivity index is 1.66. The van der Waals surface area contributed by atoms with Crippen LogP contribution in [0, 0.1) is 11.8 Å². The van der Waals surface area contributed by atoms with E-state index < -0.39 is 0 Å². The molecule has 0 aromatic carbocycles. The normalized spacial score (nSPS) is 53.8. The summed E-state index contributed by atoms with van der Waals surface area (Å²) >= 11 is 0. The first kappa shape index (κ1) is 8.25. The summed E-state index contributed by atoms with van der Waals surface area (Å²) < 4.78 is 5.73. The molecule has 4 saturated heterocycles. The van der Waals surface area contributed by atoms with Crippen molar-refractivity contribution in [2.45, 2.75) is 38.4 Å². The summed E-state index contributed by atoms with van der Waals surface area (Å²) in [6, 6.07) is 0. The Kier molecular flexibility index (Phi) is 1.88. The monoisotopic (exact) mass is 181 g/mol. The SMILES string of the molecule is CCC1OC1C1CN2CCC1CC2. The standard InChI is InChI=1S/C11H19NO/c1-2-10-11(13-10)9-7-12-5-3-8(9)4-6-12/h8-11H,2-7H2,1H3. The maximum Gasteiger partial charge on any atom is 0.0884 e. The molecular formula is C11H19NO. The second-order valence-corrected chi connectivity index (χ2v) is 4.85. The fraction of sp³-hybridized carbons (Fsp3) is 1.00. The van der Waals surface area contributed by atoms with Gasteiger partial charge in [-0.1, -0.05) is 6.92 Å². The van der Waals surface area contributed by atoms with Gasteiger partial charge in [-0.3, -0.25) is 0 Å². The molecule has 4 fully saturated rings. The van der Waals surface area contributed by atoms with Gasteiger partial charge in [0.1, 0.15) is 0 Å². The van der Waals surface area contributed by atoms with Gasteiger partial charge < -0.3 is 9.64 Å². The lowest BCUT2D eigenvalue weighted by molar-refractivity contribution is 0.0361. The summed E-state index contributed by atoms with van der Waals surface area (Å²) in [7, 11) is 0. The number of hydrogen-bond donors (Lipinski definition) is 0. The van der Waals surface area contributed by atoms with Gasteiger partial charge in [0.25, 0.3) is 0 Å². The van der Waals surface area contributed by atoms with Crippen molar-refractivity contribution in [3.05, 3.63) is 0 Å². The van der Waals surface area contributed by atoms with Crippen LogP contribution in [-0.4, -0.2) is 36.7 Å². The lowest BCUT2D eigenvalue weighted by atomic mass is 9.76. The summed E-state index contributed by atoms with van der Waals surface area (Å²) in [6.45, 7) is 6.27. The minimum absolute atomic E-state index is 0.616. The summed E-state index contributed by atoms with van der Waals surface area (Å²) in [4.78, 5) is 2.62. The first-order valence-electron chi connectivity index (χ1n) is 5.76. The van der Waals surface area contributed by atoms with E-state index in [1.54, 1.807) is 0 Å². The minimum atomic E-state index is 0.616. The van der Waals surface area contributed by atoms with Gasteiger partial charge in [-0.05, 0) is 38.3 Å². The van der Waals surface area contributed by atoms with Crippen molar-refractivity contribution >= 4 is 0 Å². The molecule has 0 aromatic rings. The van der Waals surface area contributed by atoms with Crippen LogP contribution in [0.5, 0.6) is 0 Å². The van der Waals surface area contributed by atoms with Crippen molar-refractivity contribution in [2.24, 2.45) is 11.8 Å². The van der Waals surface area contributed by atoms with Crippen LogP contribution in [0.2, 0.25) is 0 Å². The third kappa shape index (κ3) is 1.31. The second-order valence-electron chi connectivity index (χ2n) is 4.85. The lowest BCUT2D eigenvalue weighted by Gasteiger charge is -2.44. The van der Waals surface area contributed by atoms with Crippen molar-refractivity contribution in [1.29, 1.82) is 0 Å². The van der Waals surface area contributed by atoms with Crippen molar-refractivity contribution in [2.75, 3.05) is 19.6 Å². The van der Waals surface area contributed by atoms with Gasteiger partial charge in [0.2, 0.25) is 0 Å². The van der Waals surface area contributed by atoms with E-state index in [9.17, 15) is 0 Å². The third-order valence-corrected chi connectivity index (χ3v) is 4.15. The Morgan fingerprint density at radius 3 is 2.54 bits per heavy atom. The summed E-state index contributed by atoms with van der Waals surface area (Å²) in [5.74, 6) is 1.87. The Bertz CT molecular complexity index is 198. The molecule has 0 saturated carbocycles. The smallest absolute Gasteiger partial charge is 0.0884 e. The van der Waals surface area contributed by atoms with Gasteiger partial charge in [-0.2, -0.15) is 0 Å². The molecule has 2 bridgehead atoms. The highest BCUT2D eigenvalue weighted by atomic mass is 16.6. The van der Waals surface area contributed by atoms with E-state index in [1.807, 2.05) is 0 Å². The second kappa shape index (κ2) is 2.96. The number of fused-ring (bicyclic) bond motifs is 3. The summed E-state index contributed by atoms with van der Waals surface area (Å²) in [5, 5.41) is 0. The minimum Gasteiger partial charge on any atom is -0.369 e. The number of nitrogens with zero attached hydrogens (tertiary/aromatic N) is 1. The molecule has 0 spiro atoms. The van der Waals surface area contributed by atoms with Gasteiger partial charge in [-0.15, -0.1) is 0 Å². The van der Waals surface area contributed by atoms with Crippen LogP contribution in [0.1, 0.15) is 26.2 Å². The fourth-order valence-corrected chi connectivity index (χ4v) is 3.24. The van der Waals surface area contributed by atoms with Gasteiger partial charge in [0.15, 0.2) is 0 Å². The fourth-order valence-electron chi connectivity index (χ4n) is 3.24. The maximum atomic E-state index is 5.73. The topological polar surface area (TPSA) is 15.8 Å². The van der Waals surface area contributed by atoms with Crippen LogP contribution in [0.15, 0.2) is 0 Å². The Morgan fingerprint density at radius 2 is 2.08 bits per heavy atom. The molecule has 0 aromatic heterocycles. The Labute approximate surface area is 80.2 Å². The molecule has 0 amide bonds. The van der Waals surface area contributed by atoms with Crippen molar-refractivity contribution in [1.82, 2.24) is 4.90 Å². The zero-order valence-electron chi connectivity index (χ0n) is 8.41. The number of hydrogen-bond acceptors (Lipinski definition) is 2. The molecule has 2 nitrogen and oxygen atoms in total. The zero-order chi connectivity index (χ0) is 8.84. The van der Waals surface area contributed by atoms with Crippen LogP contribution in [0.25, 0.3) is 0 Å². The zero-order valence-corrected chi connectivity index (χ0v) is 8.41. The molecular weight excluding hydrogens is 162 g/mol. The first-order chi connectivity index (χ1) is 6.38. The average Bonchev–Trinajstić information content (AvgIpc) is 2.98. The number of piperidine rings is 3. The highest BCUT2D eigenvalue weighted by Crippen LogP contribution is 2.43. The van der Waals surface area contributed by atoms with E-state index in [1.165, 1.54) is 38.9 Å². The Hall–Kier alpha value is -0.0800.